The van der Waals surface area contributed by atoms with Crippen LogP contribution in [0, 0.1) is 23.0 Å². The van der Waals surface area contributed by atoms with Crippen molar-refractivity contribution in [2.24, 2.45) is 11.7 Å². The number of halogens is 2. The van der Waals surface area contributed by atoms with Gasteiger partial charge in [0.05, 0.1) is 9.82 Å². The Kier molecular flexibility index (Phi) is 6.34. The summed E-state index contributed by atoms with van der Waals surface area (Å²) in [5.41, 5.74) is 6.00. The second-order valence-corrected chi connectivity index (χ2v) is 7.78. The normalized spacial score (nSPS) is 16.0. The van der Waals surface area contributed by atoms with Gasteiger partial charge in [-0.1, -0.05) is 15.9 Å². The van der Waals surface area contributed by atoms with Gasteiger partial charge in [-0.15, -0.1) is 12.4 Å². The Morgan fingerprint density at radius 3 is 2.59 bits per heavy atom. The summed E-state index contributed by atoms with van der Waals surface area (Å²) in [7, 11) is -3.82. The fourth-order valence-electron chi connectivity index (χ4n) is 1.97. The zero-order valence-corrected chi connectivity index (χ0v) is 15.0. The molecule has 3 N–H and O–H groups in total. The van der Waals surface area contributed by atoms with Crippen molar-refractivity contribution in [2.75, 3.05) is 6.54 Å². The molecule has 0 spiro atoms. The SMILES string of the molecule is Cc1c(Br)cc(S(=O)(=O)NCC(N)C2CC2)cc1[N+](=O)[O-].Cl. The standard InChI is InChI=1S/C12H16BrN3O4S.ClH/c1-7-10(13)4-9(5-12(7)16(17)18)21(19,20)15-6-11(14)8-2-3-8;/h4-5,8,11,15H,2-3,6,14H2,1H3;1H. The average molecular weight is 415 g/mol. The molecule has 0 aromatic heterocycles. The van der Waals surface area contributed by atoms with Gasteiger partial charge in [-0.25, -0.2) is 13.1 Å². The number of hydrogen-bond acceptors (Lipinski definition) is 5. The molecule has 124 valence electrons. The Balaban J connectivity index is 0.00000242. The van der Waals surface area contributed by atoms with Gasteiger partial charge in [0.2, 0.25) is 10.0 Å². The predicted octanol–water partition coefficient (Wildman–Crippen LogP) is 2.10. The lowest BCUT2D eigenvalue weighted by Gasteiger charge is -2.12. The zero-order valence-electron chi connectivity index (χ0n) is 11.8. The molecule has 0 radical (unpaired) electrons. The van der Waals surface area contributed by atoms with Crippen LogP contribution in [0.25, 0.3) is 0 Å². The van der Waals surface area contributed by atoms with E-state index < -0.39 is 14.9 Å². The topological polar surface area (TPSA) is 115 Å². The van der Waals surface area contributed by atoms with E-state index in [2.05, 4.69) is 20.7 Å². The summed E-state index contributed by atoms with van der Waals surface area (Å²) < 4.78 is 27.2. The molecule has 1 aromatic rings. The highest BCUT2D eigenvalue weighted by Crippen LogP contribution is 2.32. The molecule has 1 unspecified atom stereocenters. The molecule has 1 fully saturated rings. The molecule has 1 saturated carbocycles. The maximum Gasteiger partial charge on any atom is 0.274 e. The Hall–Kier alpha value is -0.740. The van der Waals surface area contributed by atoms with E-state index in [0.29, 0.717) is 16.0 Å². The van der Waals surface area contributed by atoms with E-state index in [9.17, 15) is 18.5 Å². The maximum absolute atomic E-state index is 12.2. The van der Waals surface area contributed by atoms with Crippen molar-refractivity contribution in [3.63, 3.8) is 0 Å². The van der Waals surface area contributed by atoms with E-state index in [1.807, 2.05) is 0 Å². The van der Waals surface area contributed by atoms with Gasteiger partial charge >= 0.3 is 0 Å². The van der Waals surface area contributed by atoms with Crippen molar-refractivity contribution < 1.29 is 13.3 Å². The van der Waals surface area contributed by atoms with Crippen molar-refractivity contribution in [1.82, 2.24) is 4.72 Å². The van der Waals surface area contributed by atoms with Crippen molar-refractivity contribution >= 4 is 44.0 Å². The van der Waals surface area contributed by atoms with Crippen LogP contribution in [0.4, 0.5) is 5.69 Å². The highest BCUT2D eigenvalue weighted by Gasteiger charge is 2.30. The fraction of sp³-hybridized carbons (Fsp3) is 0.500. The van der Waals surface area contributed by atoms with Gasteiger partial charge in [0, 0.05) is 28.7 Å². The van der Waals surface area contributed by atoms with Crippen molar-refractivity contribution in [3.8, 4) is 0 Å². The minimum Gasteiger partial charge on any atom is -0.326 e. The first kappa shape index (κ1) is 19.3. The molecule has 1 aliphatic carbocycles. The number of rotatable bonds is 6. The third-order valence-corrected chi connectivity index (χ3v) is 5.76. The molecule has 0 heterocycles. The van der Waals surface area contributed by atoms with E-state index in [1.165, 1.54) is 6.07 Å². The van der Waals surface area contributed by atoms with E-state index in [-0.39, 0.29) is 35.6 Å². The minimum absolute atomic E-state index is 0. The Labute approximate surface area is 143 Å². The lowest BCUT2D eigenvalue weighted by atomic mass is 10.2. The van der Waals surface area contributed by atoms with Gasteiger partial charge in [-0.3, -0.25) is 10.1 Å². The van der Waals surface area contributed by atoms with Gasteiger partial charge in [0.15, 0.2) is 0 Å². The summed E-state index contributed by atoms with van der Waals surface area (Å²) in [6.45, 7) is 1.68. The van der Waals surface area contributed by atoms with Crippen LogP contribution in [0.2, 0.25) is 0 Å². The second-order valence-electron chi connectivity index (χ2n) is 5.16. The summed E-state index contributed by atoms with van der Waals surface area (Å²) in [4.78, 5) is 10.2. The number of sulfonamides is 1. The van der Waals surface area contributed by atoms with Gasteiger partial charge in [-0.2, -0.15) is 0 Å². The van der Waals surface area contributed by atoms with Crippen LogP contribution in [-0.2, 0) is 10.0 Å². The number of nitro benzene ring substituents is 1. The van der Waals surface area contributed by atoms with Crippen LogP contribution in [-0.4, -0.2) is 25.9 Å². The van der Waals surface area contributed by atoms with E-state index in [0.717, 1.165) is 18.9 Å². The highest BCUT2D eigenvalue weighted by molar-refractivity contribution is 9.10. The summed E-state index contributed by atoms with van der Waals surface area (Å²) in [6, 6.07) is 2.20. The number of benzene rings is 1. The molecule has 0 saturated heterocycles. The number of nitro groups is 1. The second kappa shape index (κ2) is 7.22. The molecule has 10 heteroatoms. The van der Waals surface area contributed by atoms with Gasteiger partial charge in [0.1, 0.15) is 0 Å². The van der Waals surface area contributed by atoms with Crippen LogP contribution in [0.3, 0.4) is 0 Å². The van der Waals surface area contributed by atoms with E-state index in [1.54, 1.807) is 6.92 Å². The van der Waals surface area contributed by atoms with E-state index >= 15 is 0 Å². The van der Waals surface area contributed by atoms with Crippen molar-refractivity contribution in [2.45, 2.75) is 30.7 Å². The number of nitrogens with one attached hydrogen (secondary N) is 1. The van der Waals surface area contributed by atoms with Crippen LogP contribution in [0.5, 0.6) is 0 Å². The van der Waals surface area contributed by atoms with Crippen LogP contribution in [0.1, 0.15) is 18.4 Å². The van der Waals surface area contributed by atoms with Crippen molar-refractivity contribution in [3.05, 3.63) is 32.3 Å². The molecular weight excluding hydrogens is 398 g/mol. The molecule has 2 rings (SSSR count). The number of nitrogens with zero attached hydrogens (tertiary/aromatic N) is 1. The van der Waals surface area contributed by atoms with Gasteiger partial charge < -0.3 is 5.73 Å². The molecule has 22 heavy (non-hydrogen) atoms. The third-order valence-electron chi connectivity index (χ3n) is 3.53. The molecule has 0 amide bonds. The quantitative estimate of drug-likeness (QED) is 0.546. The lowest BCUT2D eigenvalue weighted by Crippen LogP contribution is -2.38. The highest BCUT2D eigenvalue weighted by atomic mass is 79.9. The summed E-state index contributed by atoms with van der Waals surface area (Å²) in [5, 5.41) is 11.0. The first-order valence-corrected chi connectivity index (χ1v) is 8.70. The maximum atomic E-state index is 12.2. The lowest BCUT2D eigenvalue weighted by molar-refractivity contribution is -0.385. The van der Waals surface area contributed by atoms with Gasteiger partial charge in [0.25, 0.3) is 5.69 Å². The molecule has 1 aromatic carbocycles. The Morgan fingerprint density at radius 2 is 2.09 bits per heavy atom. The summed E-state index contributed by atoms with van der Waals surface area (Å²) in [6.07, 6.45) is 2.04. The van der Waals surface area contributed by atoms with Crippen LogP contribution in [0.15, 0.2) is 21.5 Å². The predicted molar refractivity (Wildman–Crippen MR) is 88.7 cm³/mol. The molecule has 7 nitrogen and oxygen atoms in total. The first-order valence-electron chi connectivity index (χ1n) is 6.42. The molecule has 1 atom stereocenters. The number of nitrogens with two attached hydrogens (primary N) is 1. The zero-order chi connectivity index (χ0) is 15.8. The monoisotopic (exact) mass is 413 g/mol. The summed E-state index contributed by atoms with van der Waals surface area (Å²) in [5.74, 6) is 0.367. The molecular formula is C12H17BrClN3O4S. The average Bonchev–Trinajstić information content (AvgIpc) is 3.23. The van der Waals surface area contributed by atoms with E-state index in [4.69, 9.17) is 5.73 Å². The smallest absolute Gasteiger partial charge is 0.274 e. The fourth-order valence-corrected chi connectivity index (χ4v) is 3.68. The Morgan fingerprint density at radius 1 is 1.50 bits per heavy atom. The third kappa shape index (κ3) is 4.39. The number of hydrogen-bond donors (Lipinski definition) is 2. The molecule has 1 aliphatic rings. The Bertz CT molecular complexity index is 679. The van der Waals surface area contributed by atoms with Crippen molar-refractivity contribution in [1.29, 1.82) is 0 Å². The molecule has 0 bridgehead atoms. The largest absolute Gasteiger partial charge is 0.326 e. The summed E-state index contributed by atoms with van der Waals surface area (Å²) >= 11 is 3.15. The first-order chi connectivity index (χ1) is 9.72. The van der Waals surface area contributed by atoms with Gasteiger partial charge in [-0.05, 0) is 31.7 Å². The minimum atomic E-state index is -3.82. The molecule has 0 aliphatic heterocycles. The van der Waals surface area contributed by atoms with Crippen LogP contribution < -0.4 is 10.5 Å². The van der Waals surface area contributed by atoms with Crippen LogP contribution >= 0.6 is 28.3 Å².